The van der Waals surface area contributed by atoms with E-state index >= 15 is 0 Å². The summed E-state index contributed by atoms with van der Waals surface area (Å²) in [6, 6.07) is 18.5. The minimum Gasteiger partial charge on any atom is -0.481 e. The Hall–Kier alpha value is -3.41. The van der Waals surface area contributed by atoms with Gasteiger partial charge < -0.3 is 15.3 Å². The number of hydrogen-bond acceptors (Lipinski definition) is 5. The van der Waals surface area contributed by atoms with E-state index in [1.165, 1.54) is 0 Å². The zero-order chi connectivity index (χ0) is 16.8. The number of oxime groups is 1. The molecule has 0 aliphatic rings. The van der Waals surface area contributed by atoms with E-state index in [4.69, 9.17) is 15.3 Å². The van der Waals surface area contributed by atoms with Crippen LogP contribution >= 0.6 is 0 Å². The van der Waals surface area contributed by atoms with Crippen LogP contribution < -0.4 is 10.5 Å². The average Bonchev–Trinajstić information content (AvgIpc) is 2.65. The molecule has 0 unspecified atom stereocenters. The first-order chi connectivity index (χ1) is 11.7. The maximum Gasteiger partial charge on any atom is 0.372 e. The number of amidine groups is 1. The Balaban J connectivity index is 1.61. The summed E-state index contributed by atoms with van der Waals surface area (Å²) in [6.45, 7) is -0.271. The van der Waals surface area contributed by atoms with Crippen molar-refractivity contribution in [1.82, 2.24) is 4.98 Å². The van der Waals surface area contributed by atoms with Gasteiger partial charge in [0.25, 0.3) is 0 Å². The molecule has 0 radical (unpaired) electrons. The van der Waals surface area contributed by atoms with Gasteiger partial charge in [-0.25, -0.2) is 4.79 Å². The number of fused-ring (bicyclic) bond motifs is 1. The molecule has 0 fully saturated rings. The molecule has 24 heavy (non-hydrogen) atoms. The first kappa shape index (κ1) is 15.5. The zero-order valence-corrected chi connectivity index (χ0v) is 12.8. The van der Waals surface area contributed by atoms with E-state index in [1.54, 1.807) is 30.5 Å². The quantitative estimate of drug-likeness (QED) is 0.338. The number of aromatic nitrogens is 1. The molecule has 3 rings (SSSR count). The van der Waals surface area contributed by atoms with Crippen LogP contribution in [0.1, 0.15) is 5.69 Å². The van der Waals surface area contributed by atoms with Crippen LogP contribution in [-0.4, -0.2) is 23.4 Å². The minimum absolute atomic E-state index is 0.0223. The Bertz CT molecular complexity index is 874. The molecular weight excluding hydrogens is 306 g/mol. The Morgan fingerprint density at radius 2 is 1.83 bits per heavy atom. The van der Waals surface area contributed by atoms with Gasteiger partial charge >= 0.3 is 5.97 Å². The summed E-state index contributed by atoms with van der Waals surface area (Å²) in [6.07, 6.45) is 1.57. The molecule has 0 aliphatic heterocycles. The van der Waals surface area contributed by atoms with Gasteiger partial charge in [-0.1, -0.05) is 47.6 Å². The predicted octanol–water partition coefficient (Wildman–Crippen LogP) is 2.48. The van der Waals surface area contributed by atoms with Crippen LogP contribution in [0.25, 0.3) is 10.8 Å². The summed E-state index contributed by atoms with van der Waals surface area (Å²) < 4.78 is 5.52. The van der Waals surface area contributed by atoms with E-state index in [-0.39, 0.29) is 12.4 Å². The third-order valence-electron chi connectivity index (χ3n) is 3.27. The topological polar surface area (TPSA) is 86.8 Å². The molecule has 3 aromatic rings. The molecule has 0 atom stereocenters. The van der Waals surface area contributed by atoms with Gasteiger partial charge in [0, 0.05) is 11.6 Å². The summed E-state index contributed by atoms with van der Waals surface area (Å²) in [4.78, 5) is 20.5. The molecule has 2 aromatic carbocycles. The third kappa shape index (κ3) is 3.67. The molecule has 2 N–H and O–H groups in total. The van der Waals surface area contributed by atoms with Crippen LogP contribution in [0.2, 0.25) is 0 Å². The Morgan fingerprint density at radius 1 is 1.04 bits per heavy atom. The first-order valence-corrected chi connectivity index (χ1v) is 7.29. The molecule has 6 nitrogen and oxygen atoms in total. The lowest BCUT2D eigenvalue weighted by Gasteiger charge is -2.07. The predicted molar refractivity (Wildman–Crippen MR) is 90.5 cm³/mol. The van der Waals surface area contributed by atoms with Crippen molar-refractivity contribution in [2.75, 3.05) is 6.61 Å². The first-order valence-electron chi connectivity index (χ1n) is 7.29. The highest BCUT2D eigenvalue weighted by Crippen LogP contribution is 2.24. The Labute approximate surface area is 138 Å². The number of ether oxygens (including phenoxy) is 1. The van der Waals surface area contributed by atoms with Crippen molar-refractivity contribution in [1.29, 1.82) is 0 Å². The molecule has 0 bridgehead atoms. The van der Waals surface area contributed by atoms with Gasteiger partial charge in [-0.05, 0) is 23.6 Å². The fraction of sp³-hybridized carbons (Fsp3) is 0.0556. The average molecular weight is 321 g/mol. The highest BCUT2D eigenvalue weighted by atomic mass is 16.7. The summed E-state index contributed by atoms with van der Waals surface area (Å²) >= 11 is 0. The number of carbonyl (C=O) groups excluding carboxylic acids is 1. The van der Waals surface area contributed by atoms with Crippen molar-refractivity contribution in [3.05, 3.63) is 72.6 Å². The molecule has 6 heteroatoms. The molecule has 0 amide bonds. The lowest BCUT2D eigenvalue weighted by Crippen LogP contribution is -2.18. The highest BCUT2D eigenvalue weighted by molar-refractivity contribution is 5.95. The number of hydrogen-bond donors (Lipinski definition) is 1. The fourth-order valence-electron chi connectivity index (χ4n) is 2.15. The van der Waals surface area contributed by atoms with Crippen LogP contribution in [-0.2, 0) is 9.63 Å². The van der Waals surface area contributed by atoms with Gasteiger partial charge in [0.15, 0.2) is 12.4 Å². The van der Waals surface area contributed by atoms with Gasteiger partial charge in [-0.2, -0.15) is 0 Å². The van der Waals surface area contributed by atoms with E-state index in [9.17, 15) is 4.79 Å². The zero-order valence-electron chi connectivity index (χ0n) is 12.8. The van der Waals surface area contributed by atoms with Gasteiger partial charge in [0.05, 0.1) is 0 Å². The van der Waals surface area contributed by atoms with Gasteiger partial charge in [-0.3, -0.25) is 4.98 Å². The maximum atomic E-state index is 11.8. The number of rotatable bonds is 5. The number of pyridine rings is 1. The second-order valence-corrected chi connectivity index (χ2v) is 4.92. The van der Waals surface area contributed by atoms with E-state index in [0.717, 1.165) is 10.8 Å². The van der Waals surface area contributed by atoms with Crippen LogP contribution in [0, 0.1) is 0 Å². The molecule has 0 saturated carbocycles. The van der Waals surface area contributed by atoms with Crippen molar-refractivity contribution in [3.8, 4) is 5.75 Å². The second-order valence-electron chi connectivity index (χ2n) is 4.92. The minimum atomic E-state index is -0.651. The molecule has 0 aliphatic carbocycles. The van der Waals surface area contributed by atoms with Crippen LogP contribution in [0.15, 0.2) is 72.0 Å². The van der Waals surface area contributed by atoms with Crippen molar-refractivity contribution in [3.63, 3.8) is 0 Å². The summed E-state index contributed by atoms with van der Waals surface area (Å²) in [5.41, 5.74) is 6.13. The molecular formula is C18H15N3O3. The standard InChI is InChI=1S/C18H15N3O3/c19-18(15-9-3-4-11-20-15)21-24-17(22)12-23-16-10-5-7-13-6-1-2-8-14(13)16/h1-11H,12H2,(H2,19,21). The third-order valence-corrected chi connectivity index (χ3v) is 3.27. The lowest BCUT2D eigenvalue weighted by molar-refractivity contribution is -0.146. The highest BCUT2D eigenvalue weighted by Gasteiger charge is 2.08. The van der Waals surface area contributed by atoms with Gasteiger partial charge in [-0.15, -0.1) is 0 Å². The van der Waals surface area contributed by atoms with Gasteiger partial charge in [0.2, 0.25) is 0 Å². The molecule has 0 saturated heterocycles. The van der Waals surface area contributed by atoms with E-state index in [2.05, 4.69) is 10.1 Å². The lowest BCUT2D eigenvalue weighted by atomic mass is 10.1. The number of benzene rings is 2. The number of carbonyl (C=O) groups is 1. The number of nitrogens with zero attached hydrogens (tertiary/aromatic N) is 2. The van der Waals surface area contributed by atoms with Crippen LogP contribution in [0.5, 0.6) is 5.75 Å². The summed E-state index contributed by atoms with van der Waals surface area (Å²) in [5, 5.41) is 5.52. The number of nitrogens with two attached hydrogens (primary N) is 1. The molecule has 0 spiro atoms. The maximum absolute atomic E-state index is 11.8. The SMILES string of the molecule is N/C(=N\OC(=O)COc1cccc2ccccc12)c1ccccn1. The summed E-state index contributed by atoms with van der Waals surface area (Å²) in [5.74, 6) is -0.0253. The van der Waals surface area contributed by atoms with Crippen molar-refractivity contribution < 1.29 is 14.4 Å². The fourth-order valence-corrected chi connectivity index (χ4v) is 2.15. The Kier molecular flexibility index (Phi) is 4.67. The van der Waals surface area contributed by atoms with Gasteiger partial charge in [0.1, 0.15) is 11.4 Å². The largest absolute Gasteiger partial charge is 0.481 e. The summed E-state index contributed by atoms with van der Waals surface area (Å²) in [7, 11) is 0. The van der Waals surface area contributed by atoms with Crippen LogP contribution in [0.4, 0.5) is 0 Å². The smallest absolute Gasteiger partial charge is 0.372 e. The van der Waals surface area contributed by atoms with Crippen molar-refractivity contribution >= 4 is 22.6 Å². The second kappa shape index (κ2) is 7.23. The monoisotopic (exact) mass is 321 g/mol. The normalized spacial score (nSPS) is 11.2. The van der Waals surface area contributed by atoms with Crippen molar-refractivity contribution in [2.45, 2.75) is 0 Å². The van der Waals surface area contributed by atoms with Crippen molar-refractivity contribution in [2.24, 2.45) is 10.9 Å². The van der Waals surface area contributed by atoms with E-state index in [1.807, 2.05) is 36.4 Å². The van der Waals surface area contributed by atoms with Crippen LogP contribution in [0.3, 0.4) is 0 Å². The van der Waals surface area contributed by atoms with E-state index in [0.29, 0.717) is 11.4 Å². The molecule has 120 valence electrons. The van der Waals surface area contributed by atoms with E-state index < -0.39 is 5.97 Å². The molecule has 1 heterocycles. The molecule has 1 aromatic heterocycles. The Morgan fingerprint density at radius 3 is 2.67 bits per heavy atom.